The third-order valence-electron chi connectivity index (χ3n) is 3.73. The van der Waals surface area contributed by atoms with Gasteiger partial charge in [0.2, 0.25) is 0 Å². The van der Waals surface area contributed by atoms with Crippen LogP contribution in [0.15, 0.2) is 18.2 Å². The first-order valence-corrected chi connectivity index (χ1v) is 6.96. The van der Waals surface area contributed by atoms with Crippen molar-refractivity contribution in [2.75, 3.05) is 31.1 Å². The summed E-state index contributed by atoms with van der Waals surface area (Å²) in [4.78, 5) is 12.7. The van der Waals surface area contributed by atoms with Crippen LogP contribution in [0.2, 0.25) is 0 Å². The molecule has 1 atom stereocenters. The molecule has 0 aromatic heterocycles. The summed E-state index contributed by atoms with van der Waals surface area (Å²) in [5, 5.41) is 23.6. The average molecular weight is 279 g/mol. The average Bonchev–Trinajstić information content (AvgIpc) is 2.91. The van der Waals surface area contributed by atoms with Crippen LogP contribution < -0.4 is 10.2 Å². The lowest BCUT2D eigenvalue weighted by Crippen LogP contribution is -2.39. The smallest absolute Gasteiger partial charge is 0.274 e. The summed E-state index contributed by atoms with van der Waals surface area (Å²) in [5.41, 5.74) is 1.58. The van der Waals surface area contributed by atoms with Crippen LogP contribution in [0.3, 0.4) is 0 Å². The predicted molar refractivity (Wildman–Crippen MR) is 78.2 cm³/mol. The lowest BCUT2D eigenvalue weighted by Gasteiger charge is -2.27. The highest BCUT2D eigenvalue weighted by atomic mass is 16.6. The van der Waals surface area contributed by atoms with Crippen LogP contribution in [-0.4, -0.2) is 42.3 Å². The van der Waals surface area contributed by atoms with E-state index in [0.717, 1.165) is 31.6 Å². The number of nitrogens with zero attached hydrogens (tertiary/aromatic N) is 2. The van der Waals surface area contributed by atoms with Gasteiger partial charge in [0.15, 0.2) is 0 Å². The molecule has 1 heterocycles. The second-order valence-corrected chi connectivity index (χ2v) is 5.19. The molecule has 1 fully saturated rings. The fourth-order valence-corrected chi connectivity index (χ4v) is 2.62. The fourth-order valence-electron chi connectivity index (χ4n) is 2.62. The highest BCUT2D eigenvalue weighted by molar-refractivity contribution is 5.56. The number of benzene rings is 1. The minimum Gasteiger partial charge on any atom is -0.395 e. The number of nitrogens with one attached hydrogen (secondary N) is 1. The zero-order valence-corrected chi connectivity index (χ0v) is 11.7. The standard InChI is InChI=1S/C14H21N3O3/c1-11-4-5-13(9-14(11)17(19)20)16(7-8-18)10-12-3-2-6-15-12/h4-5,9,12,15,18H,2-3,6-8,10H2,1H3. The number of aliphatic hydroxyl groups excluding tert-OH is 1. The summed E-state index contributed by atoms with van der Waals surface area (Å²) >= 11 is 0. The number of anilines is 1. The van der Waals surface area contributed by atoms with E-state index in [4.69, 9.17) is 0 Å². The molecule has 6 heteroatoms. The molecule has 20 heavy (non-hydrogen) atoms. The quantitative estimate of drug-likeness (QED) is 0.609. The number of nitro benzene ring substituents is 1. The van der Waals surface area contributed by atoms with Crippen molar-refractivity contribution in [3.63, 3.8) is 0 Å². The maximum atomic E-state index is 11.0. The summed E-state index contributed by atoms with van der Waals surface area (Å²) in [7, 11) is 0. The zero-order chi connectivity index (χ0) is 14.5. The molecule has 0 amide bonds. The van der Waals surface area contributed by atoms with Crippen LogP contribution in [0.1, 0.15) is 18.4 Å². The van der Waals surface area contributed by atoms with Gasteiger partial charge < -0.3 is 15.3 Å². The summed E-state index contributed by atoms with van der Waals surface area (Å²) in [6.45, 7) is 4.04. The number of hydrogen-bond donors (Lipinski definition) is 2. The van der Waals surface area contributed by atoms with Gasteiger partial charge in [-0.1, -0.05) is 6.07 Å². The molecule has 1 aromatic carbocycles. The van der Waals surface area contributed by atoms with E-state index in [2.05, 4.69) is 5.32 Å². The fraction of sp³-hybridized carbons (Fsp3) is 0.571. The van der Waals surface area contributed by atoms with Gasteiger partial charge in [-0.2, -0.15) is 0 Å². The van der Waals surface area contributed by atoms with Crippen molar-refractivity contribution in [2.24, 2.45) is 0 Å². The van der Waals surface area contributed by atoms with E-state index in [1.165, 1.54) is 0 Å². The van der Waals surface area contributed by atoms with Crippen molar-refractivity contribution in [1.29, 1.82) is 0 Å². The maximum absolute atomic E-state index is 11.0. The van der Waals surface area contributed by atoms with Gasteiger partial charge >= 0.3 is 0 Å². The Labute approximate surface area is 118 Å². The first-order chi connectivity index (χ1) is 9.61. The lowest BCUT2D eigenvalue weighted by atomic mass is 10.1. The van der Waals surface area contributed by atoms with Gasteiger partial charge in [-0.05, 0) is 32.4 Å². The predicted octanol–water partition coefficient (Wildman–Crippen LogP) is 1.45. The van der Waals surface area contributed by atoms with Crippen LogP contribution in [0.25, 0.3) is 0 Å². The normalized spacial score (nSPS) is 18.2. The van der Waals surface area contributed by atoms with Crippen molar-refractivity contribution in [2.45, 2.75) is 25.8 Å². The van der Waals surface area contributed by atoms with Gasteiger partial charge in [-0.15, -0.1) is 0 Å². The number of aliphatic hydroxyl groups is 1. The summed E-state index contributed by atoms with van der Waals surface area (Å²) in [5.74, 6) is 0. The molecule has 0 radical (unpaired) electrons. The molecule has 1 aliphatic rings. The van der Waals surface area contributed by atoms with Gasteiger partial charge in [0, 0.05) is 36.4 Å². The van der Waals surface area contributed by atoms with Gasteiger partial charge in [-0.3, -0.25) is 10.1 Å². The largest absolute Gasteiger partial charge is 0.395 e. The van der Waals surface area contributed by atoms with E-state index in [1.54, 1.807) is 19.1 Å². The van der Waals surface area contributed by atoms with Gasteiger partial charge in [0.05, 0.1) is 11.5 Å². The van der Waals surface area contributed by atoms with Crippen LogP contribution in [0, 0.1) is 17.0 Å². The van der Waals surface area contributed by atoms with E-state index < -0.39 is 0 Å². The summed E-state index contributed by atoms with van der Waals surface area (Å²) in [6.07, 6.45) is 2.27. The topological polar surface area (TPSA) is 78.6 Å². The van der Waals surface area contributed by atoms with E-state index in [0.29, 0.717) is 18.2 Å². The Balaban J connectivity index is 2.19. The van der Waals surface area contributed by atoms with Crippen molar-refractivity contribution in [1.82, 2.24) is 5.32 Å². The Morgan fingerprint density at radius 2 is 2.35 bits per heavy atom. The van der Waals surface area contributed by atoms with Crippen molar-refractivity contribution in [3.05, 3.63) is 33.9 Å². The molecule has 1 unspecified atom stereocenters. The molecular weight excluding hydrogens is 258 g/mol. The van der Waals surface area contributed by atoms with Crippen LogP contribution in [0.5, 0.6) is 0 Å². The highest BCUT2D eigenvalue weighted by Crippen LogP contribution is 2.25. The number of nitro groups is 1. The summed E-state index contributed by atoms with van der Waals surface area (Å²) < 4.78 is 0. The molecule has 0 spiro atoms. The van der Waals surface area contributed by atoms with Crippen molar-refractivity contribution in [3.8, 4) is 0 Å². The molecule has 0 bridgehead atoms. The van der Waals surface area contributed by atoms with E-state index in [9.17, 15) is 15.2 Å². The Morgan fingerprint density at radius 1 is 1.55 bits per heavy atom. The first kappa shape index (κ1) is 14.7. The minimum atomic E-state index is -0.357. The zero-order valence-electron chi connectivity index (χ0n) is 11.7. The Kier molecular flexibility index (Phi) is 4.92. The summed E-state index contributed by atoms with van der Waals surface area (Å²) in [6, 6.07) is 5.63. The molecule has 1 aliphatic heterocycles. The Hall–Kier alpha value is -1.66. The number of aryl methyl sites for hydroxylation is 1. The monoisotopic (exact) mass is 279 g/mol. The molecular formula is C14H21N3O3. The molecule has 0 saturated carbocycles. The van der Waals surface area contributed by atoms with E-state index in [-0.39, 0.29) is 17.2 Å². The van der Waals surface area contributed by atoms with Gasteiger partial charge in [-0.25, -0.2) is 0 Å². The lowest BCUT2D eigenvalue weighted by molar-refractivity contribution is -0.385. The van der Waals surface area contributed by atoms with Gasteiger partial charge in [0.1, 0.15) is 0 Å². The first-order valence-electron chi connectivity index (χ1n) is 6.96. The Morgan fingerprint density at radius 3 is 2.95 bits per heavy atom. The van der Waals surface area contributed by atoms with Crippen molar-refractivity contribution < 1.29 is 10.0 Å². The van der Waals surface area contributed by atoms with Crippen molar-refractivity contribution >= 4 is 11.4 Å². The Bertz CT molecular complexity index is 473. The molecule has 0 aliphatic carbocycles. The second kappa shape index (κ2) is 6.67. The SMILES string of the molecule is Cc1ccc(N(CCO)CC2CCCN2)cc1[N+](=O)[O-]. The molecule has 2 N–H and O–H groups in total. The van der Waals surface area contributed by atoms with Crippen LogP contribution in [-0.2, 0) is 0 Å². The third kappa shape index (κ3) is 3.46. The van der Waals surface area contributed by atoms with E-state index in [1.807, 2.05) is 11.0 Å². The number of hydrogen-bond acceptors (Lipinski definition) is 5. The number of rotatable bonds is 6. The van der Waals surface area contributed by atoms with Crippen LogP contribution in [0.4, 0.5) is 11.4 Å². The molecule has 1 aromatic rings. The molecule has 110 valence electrons. The maximum Gasteiger partial charge on any atom is 0.274 e. The molecule has 1 saturated heterocycles. The van der Waals surface area contributed by atoms with E-state index >= 15 is 0 Å². The molecule has 6 nitrogen and oxygen atoms in total. The minimum absolute atomic E-state index is 0.0361. The van der Waals surface area contributed by atoms with Gasteiger partial charge in [0.25, 0.3) is 5.69 Å². The third-order valence-corrected chi connectivity index (χ3v) is 3.73. The second-order valence-electron chi connectivity index (χ2n) is 5.19. The highest BCUT2D eigenvalue weighted by Gasteiger charge is 2.20. The molecule has 2 rings (SSSR count). The van der Waals surface area contributed by atoms with Crippen LogP contribution >= 0.6 is 0 Å².